The molecule has 1 atom stereocenters. The van der Waals surface area contributed by atoms with Gasteiger partial charge in [-0.2, -0.15) is 5.10 Å². The molecule has 0 bridgehead atoms. The highest BCUT2D eigenvalue weighted by atomic mass is 16.5. The Morgan fingerprint density at radius 2 is 2.07 bits per heavy atom. The first-order chi connectivity index (χ1) is 14.5. The number of aromatic nitrogens is 2. The minimum Gasteiger partial charge on any atom is -0.462 e. The zero-order chi connectivity index (χ0) is 21.5. The molecule has 0 spiro atoms. The van der Waals surface area contributed by atoms with Crippen molar-refractivity contribution >= 4 is 17.7 Å². The Labute approximate surface area is 177 Å². The molecule has 3 rings (SSSR count). The van der Waals surface area contributed by atoms with Crippen molar-refractivity contribution in [3.8, 4) is 5.69 Å². The van der Waals surface area contributed by atoms with Crippen LogP contribution in [0.25, 0.3) is 5.69 Å². The summed E-state index contributed by atoms with van der Waals surface area (Å²) in [6.45, 7) is 8.29. The van der Waals surface area contributed by atoms with Crippen LogP contribution in [0.2, 0.25) is 0 Å². The van der Waals surface area contributed by atoms with E-state index in [1.54, 1.807) is 31.2 Å². The fourth-order valence-corrected chi connectivity index (χ4v) is 3.78. The van der Waals surface area contributed by atoms with Gasteiger partial charge in [-0.3, -0.25) is 4.79 Å². The second kappa shape index (κ2) is 10.2. The first-order valence-corrected chi connectivity index (χ1v) is 10.6. The van der Waals surface area contributed by atoms with Gasteiger partial charge in [0, 0.05) is 18.7 Å². The Morgan fingerprint density at radius 3 is 2.77 bits per heavy atom. The van der Waals surface area contributed by atoms with E-state index in [1.165, 1.54) is 23.7 Å². The van der Waals surface area contributed by atoms with Crippen molar-refractivity contribution in [1.29, 1.82) is 0 Å². The standard InChI is InChI=1S/C22H31N5O3/c1-3-30-22(29)19-14-25-27(20(19)23)18-9-7-17(8-10-18)21(28)24-11-5-13-26-12-4-6-16(2)15-26/h7-10,14,16H,3-6,11-13,15,23H2,1-2H3,(H,24,28). The number of carbonyl (C=O) groups is 2. The summed E-state index contributed by atoms with van der Waals surface area (Å²) >= 11 is 0. The molecule has 1 amide bonds. The van der Waals surface area contributed by atoms with Crippen LogP contribution in [0.1, 0.15) is 53.8 Å². The number of piperidine rings is 1. The maximum absolute atomic E-state index is 12.4. The van der Waals surface area contributed by atoms with Crippen molar-refractivity contribution in [1.82, 2.24) is 20.0 Å². The van der Waals surface area contributed by atoms with Gasteiger partial charge in [0.25, 0.3) is 5.91 Å². The number of nitrogen functional groups attached to an aromatic ring is 1. The number of benzene rings is 1. The van der Waals surface area contributed by atoms with E-state index in [1.807, 2.05) is 0 Å². The number of nitrogens with two attached hydrogens (primary N) is 1. The number of amides is 1. The monoisotopic (exact) mass is 413 g/mol. The quantitative estimate of drug-likeness (QED) is 0.509. The number of rotatable bonds is 8. The molecular weight excluding hydrogens is 382 g/mol. The third-order valence-corrected chi connectivity index (χ3v) is 5.35. The Kier molecular flexibility index (Phi) is 7.46. The van der Waals surface area contributed by atoms with Crippen molar-refractivity contribution in [3.05, 3.63) is 41.6 Å². The summed E-state index contributed by atoms with van der Waals surface area (Å²) in [4.78, 5) is 26.8. The second-order valence-electron chi connectivity index (χ2n) is 7.78. The van der Waals surface area contributed by atoms with Gasteiger partial charge >= 0.3 is 5.97 Å². The van der Waals surface area contributed by atoms with Gasteiger partial charge in [-0.1, -0.05) is 6.92 Å². The van der Waals surface area contributed by atoms with E-state index in [2.05, 4.69) is 22.2 Å². The summed E-state index contributed by atoms with van der Waals surface area (Å²) < 4.78 is 6.42. The van der Waals surface area contributed by atoms with Gasteiger partial charge in [0.05, 0.1) is 18.5 Å². The van der Waals surface area contributed by atoms with E-state index in [9.17, 15) is 9.59 Å². The molecule has 2 heterocycles. The molecule has 1 aromatic carbocycles. The number of anilines is 1. The van der Waals surface area contributed by atoms with E-state index in [4.69, 9.17) is 10.5 Å². The predicted molar refractivity (Wildman–Crippen MR) is 116 cm³/mol. The van der Waals surface area contributed by atoms with Gasteiger partial charge in [-0.05, 0) is 69.5 Å². The van der Waals surface area contributed by atoms with Gasteiger partial charge in [0.2, 0.25) is 0 Å². The van der Waals surface area contributed by atoms with Crippen molar-refractivity contribution in [3.63, 3.8) is 0 Å². The second-order valence-corrected chi connectivity index (χ2v) is 7.78. The molecule has 0 aliphatic carbocycles. The van der Waals surface area contributed by atoms with Crippen molar-refractivity contribution in [2.45, 2.75) is 33.1 Å². The summed E-state index contributed by atoms with van der Waals surface area (Å²) in [6, 6.07) is 6.95. The maximum atomic E-state index is 12.4. The number of hydrogen-bond acceptors (Lipinski definition) is 6. The van der Waals surface area contributed by atoms with Gasteiger partial charge < -0.3 is 20.7 Å². The molecule has 1 aliphatic heterocycles. The molecule has 0 saturated carbocycles. The SMILES string of the molecule is CCOC(=O)c1cnn(-c2ccc(C(=O)NCCCN3CCCC(C)C3)cc2)c1N. The Hall–Kier alpha value is -2.87. The van der Waals surface area contributed by atoms with Gasteiger partial charge in [-0.15, -0.1) is 0 Å². The highest BCUT2D eigenvalue weighted by Crippen LogP contribution is 2.19. The number of nitrogens with zero attached hydrogens (tertiary/aromatic N) is 3. The lowest BCUT2D eigenvalue weighted by Crippen LogP contribution is -2.36. The normalized spacial score (nSPS) is 16.9. The fourth-order valence-electron chi connectivity index (χ4n) is 3.78. The lowest BCUT2D eigenvalue weighted by atomic mass is 10.0. The van der Waals surface area contributed by atoms with E-state index in [-0.39, 0.29) is 23.9 Å². The lowest BCUT2D eigenvalue weighted by Gasteiger charge is -2.30. The lowest BCUT2D eigenvalue weighted by molar-refractivity contribution is 0.0527. The van der Waals surface area contributed by atoms with Crippen molar-refractivity contribution in [2.75, 3.05) is 38.5 Å². The maximum Gasteiger partial charge on any atom is 0.343 e. The fraction of sp³-hybridized carbons (Fsp3) is 0.500. The molecule has 0 radical (unpaired) electrons. The van der Waals surface area contributed by atoms with Crippen LogP contribution in [0.15, 0.2) is 30.5 Å². The molecule has 8 heteroatoms. The predicted octanol–water partition coefficient (Wildman–Crippen LogP) is 2.48. The number of likely N-dealkylation sites (tertiary alicyclic amines) is 1. The third-order valence-electron chi connectivity index (χ3n) is 5.35. The molecule has 162 valence electrons. The Bertz CT molecular complexity index is 862. The molecule has 1 aliphatic rings. The molecule has 2 aromatic rings. The number of esters is 1. The molecular formula is C22H31N5O3. The van der Waals surface area contributed by atoms with Crippen LogP contribution in [0, 0.1) is 5.92 Å². The molecule has 1 aromatic heterocycles. The highest BCUT2D eigenvalue weighted by molar-refractivity contribution is 5.95. The van der Waals surface area contributed by atoms with Crippen LogP contribution in [-0.2, 0) is 4.74 Å². The van der Waals surface area contributed by atoms with Crippen LogP contribution < -0.4 is 11.1 Å². The number of ether oxygens (including phenoxy) is 1. The average Bonchev–Trinajstić information content (AvgIpc) is 3.13. The smallest absolute Gasteiger partial charge is 0.343 e. The Morgan fingerprint density at radius 1 is 1.30 bits per heavy atom. The van der Waals surface area contributed by atoms with E-state index >= 15 is 0 Å². The van der Waals surface area contributed by atoms with E-state index in [0.29, 0.717) is 17.8 Å². The zero-order valence-electron chi connectivity index (χ0n) is 17.8. The van der Waals surface area contributed by atoms with E-state index < -0.39 is 5.97 Å². The molecule has 3 N–H and O–H groups in total. The largest absolute Gasteiger partial charge is 0.462 e. The van der Waals surface area contributed by atoms with Crippen LogP contribution in [-0.4, -0.2) is 59.3 Å². The first-order valence-electron chi connectivity index (χ1n) is 10.6. The summed E-state index contributed by atoms with van der Waals surface area (Å²) in [7, 11) is 0. The molecule has 1 unspecified atom stereocenters. The molecule has 8 nitrogen and oxygen atoms in total. The third kappa shape index (κ3) is 5.38. The highest BCUT2D eigenvalue weighted by Gasteiger charge is 2.18. The van der Waals surface area contributed by atoms with Crippen molar-refractivity contribution in [2.24, 2.45) is 5.92 Å². The van der Waals surface area contributed by atoms with Gasteiger partial charge in [0.1, 0.15) is 11.4 Å². The molecule has 30 heavy (non-hydrogen) atoms. The number of nitrogens with one attached hydrogen (secondary N) is 1. The summed E-state index contributed by atoms with van der Waals surface area (Å²) in [5, 5.41) is 7.14. The van der Waals surface area contributed by atoms with Crippen LogP contribution in [0.5, 0.6) is 0 Å². The Balaban J connectivity index is 1.51. The van der Waals surface area contributed by atoms with Crippen LogP contribution >= 0.6 is 0 Å². The average molecular weight is 414 g/mol. The summed E-state index contributed by atoms with van der Waals surface area (Å²) in [5.74, 6) is 0.368. The molecule has 1 fully saturated rings. The van der Waals surface area contributed by atoms with Gasteiger partial charge in [-0.25, -0.2) is 9.48 Å². The zero-order valence-corrected chi connectivity index (χ0v) is 17.8. The number of hydrogen-bond donors (Lipinski definition) is 2. The van der Waals surface area contributed by atoms with Crippen LogP contribution in [0.3, 0.4) is 0 Å². The van der Waals surface area contributed by atoms with Crippen LogP contribution in [0.4, 0.5) is 5.82 Å². The van der Waals surface area contributed by atoms with E-state index in [0.717, 1.165) is 32.0 Å². The minimum absolute atomic E-state index is 0.103. The summed E-state index contributed by atoms with van der Waals surface area (Å²) in [6.07, 6.45) is 4.91. The summed E-state index contributed by atoms with van der Waals surface area (Å²) in [5.41, 5.74) is 7.49. The number of carbonyl (C=O) groups excluding carboxylic acids is 2. The molecule has 1 saturated heterocycles. The van der Waals surface area contributed by atoms with Crippen molar-refractivity contribution < 1.29 is 14.3 Å². The topological polar surface area (TPSA) is 102 Å². The first kappa shape index (κ1) is 21.8. The minimum atomic E-state index is -0.503. The van der Waals surface area contributed by atoms with Gasteiger partial charge in [0.15, 0.2) is 0 Å².